The number of ether oxygens (including phenoxy) is 2. The minimum absolute atomic E-state index is 0. The molecule has 29 heavy (non-hydrogen) atoms. The highest BCUT2D eigenvalue weighted by atomic mass is 127. The Bertz CT molecular complexity index is 613. The van der Waals surface area contributed by atoms with Crippen molar-refractivity contribution in [3.05, 3.63) is 35.4 Å². The van der Waals surface area contributed by atoms with Crippen LogP contribution in [-0.4, -0.2) is 43.4 Å². The number of carbonyl (C=O) groups is 1. The van der Waals surface area contributed by atoms with Crippen molar-refractivity contribution in [3.8, 4) is 0 Å². The molecule has 0 aromatic heterocycles. The van der Waals surface area contributed by atoms with E-state index < -0.39 is 11.7 Å². The fourth-order valence-corrected chi connectivity index (χ4v) is 2.18. The molecule has 1 amide bonds. The van der Waals surface area contributed by atoms with Crippen LogP contribution in [0.2, 0.25) is 0 Å². The molecule has 3 N–H and O–H groups in total. The second kappa shape index (κ2) is 14.4. The molecule has 0 bridgehead atoms. The maximum atomic E-state index is 11.6. The molecular weight excluding hydrogens is 483 g/mol. The first-order chi connectivity index (χ1) is 13.2. The molecule has 1 rings (SSSR count). The lowest BCUT2D eigenvalue weighted by molar-refractivity contribution is 0.0528. The van der Waals surface area contributed by atoms with E-state index in [1.54, 1.807) is 0 Å². The molecule has 0 aliphatic heterocycles. The third-order valence-electron chi connectivity index (χ3n) is 3.46. The summed E-state index contributed by atoms with van der Waals surface area (Å²) in [6.45, 7) is 14.5. The molecule has 8 heteroatoms. The van der Waals surface area contributed by atoms with Gasteiger partial charge in [0.2, 0.25) is 0 Å². The fourth-order valence-electron chi connectivity index (χ4n) is 2.18. The smallest absolute Gasteiger partial charge is 0.407 e. The Balaban J connectivity index is 0.00000784. The third kappa shape index (κ3) is 14.1. The number of benzene rings is 1. The Kier molecular flexibility index (Phi) is 13.7. The topological polar surface area (TPSA) is 84.0 Å². The summed E-state index contributed by atoms with van der Waals surface area (Å²) in [6.07, 6.45) is -0.194. The Morgan fingerprint density at radius 2 is 1.62 bits per heavy atom. The van der Waals surface area contributed by atoms with E-state index >= 15 is 0 Å². The van der Waals surface area contributed by atoms with E-state index in [1.165, 1.54) is 0 Å². The van der Waals surface area contributed by atoms with Gasteiger partial charge in [0, 0.05) is 19.6 Å². The number of carbonyl (C=O) groups excluding carboxylic acids is 1. The van der Waals surface area contributed by atoms with Gasteiger partial charge in [-0.05, 0) is 52.7 Å². The number of halogens is 1. The van der Waals surface area contributed by atoms with Crippen LogP contribution < -0.4 is 16.0 Å². The molecule has 0 heterocycles. The Labute approximate surface area is 192 Å². The van der Waals surface area contributed by atoms with Crippen molar-refractivity contribution in [2.75, 3.05) is 19.6 Å². The van der Waals surface area contributed by atoms with Crippen LogP contribution in [0.4, 0.5) is 4.79 Å². The molecule has 0 unspecified atom stereocenters. The minimum atomic E-state index is -0.496. The average Bonchev–Trinajstić information content (AvgIpc) is 2.60. The number of rotatable bonds is 9. The summed E-state index contributed by atoms with van der Waals surface area (Å²) in [4.78, 5) is 16.2. The molecule has 0 saturated carbocycles. The molecule has 0 fully saturated rings. The summed E-state index contributed by atoms with van der Waals surface area (Å²) in [5.74, 6) is 0.709. The van der Waals surface area contributed by atoms with E-state index in [-0.39, 0.29) is 30.1 Å². The van der Waals surface area contributed by atoms with Crippen molar-refractivity contribution in [2.24, 2.45) is 4.99 Å². The first-order valence-electron chi connectivity index (χ1n) is 9.88. The van der Waals surface area contributed by atoms with Gasteiger partial charge in [-0.2, -0.15) is 0 Å². The largest absolute Gasteiger partial charge is 0.444 e. The van der Waals surface area contributed by atoms with E-state index in [9.17, 15) is 4.79 Å². The molecule has 0 atom stereocenters. The van der Waals surface area contributed by atoms with Crippen molar-refractivity contribution >= 4 is 36.0 Å². The van der Waals surface area contributed by atoms with Gasteiger partial charge in [0.05, 0.1) is 19.3 Å². The summed E-state index contributed by atoms with van der Waals surface area (Å²) in [5.41, 5.74) is 1.78. The molecule has 7 nitrogen and oxygen atoms in total. The second-order valence-electron chi connectivity index (χ2n) is 7.73. The molecule has 0 aliphatic carbocycles. The van der Waals surface area contributed by atoms with E-state index in [1.807, 2.05) is 41.5 Å². The van der Waals surface area contributed by atoms with Gasteiger partial charge >= 0.3 is 6.09 Å². The predicted octanol–water partition coefficient (Wildman–Crippen LogP) is 3.81. The molecule has 0 aliphatic rings. The lowest BCUT2D eigenvalue weighted by Crippen LogP contribution is -2.42. The number of guanidine groups is 1. The van der Waals surface area contributed by atoms with Crippen LogP contribution in [-0.2, 0) is 22.6 Å². The van der Waals surface area contributed by atoms with Gasteiger partial charge in [0.15, 0.2) is 5.96 Å². The number of nitrogens with one attached hydrogen (secondary N) is 3. The summed E-state index contributed by atoms with van der Waals surface area (Å²) >= 11 is 0. The van der Waals surface area contributed by atoms with Gasteiger partial charge in [-0.25, -0.2) is 9.79 Å². The van der Waals surface area contributed by atoms with Crippen LogP contribution in [0, 0.1) is 0 Å². The van der Waals surface area contributed by atoms with Gasteiger partial charge in [-0.15, -0.1) is 24.0 Å². The number of aliphatic imine (C=N–C) groups is 1. The first kappa shape index (κ1) is 27.5. The van der Waals surface area contributed by atoms with Gasteiger partial charge in [0.1, 0.15) is 5.60 Å². The van der Waals surface area contributed by atoms with Crippen LogP contribution >= 0.6 is 24.0 Å². The third-order valence-corrected chi connectivity index (χ3v) is 3.46. The first-order valence-corrected chi connectivity index (χ1v) is 9.88. The second-order valence-corrected chi connectivity index (χ2v) is 7.73. The van der Waals surface area contributed by atoms with Gasteiger partial charge in [0.25, 0.3) is 0 Å². The molecule has 1 aromatic carbocycles. The number of amides is 1. The number of alkyl carbamates (subject to hydrolysis) is 1. The Morgan fingerprint density at radius 1 is 1.03 bits per heavy atom. The highest BCUT2D eigenvalue weighted by Gasteiger charge is 2.15. The van der Waals surface area contributed by atoms with Crippen LogP contribution in [0.1, 0.15) is 52.7 Å². The van der Waals surface area contributed by atoms with E-state index in [2.05, 4.69) is 45.2 Å². The predicted molar refractivity (Wildman–Crippen MR) is 129 cm³/mol. The summed E-state index contributed by atoms with van der Waals surface area (Å²) in [6, 6.07) is 8.27. The lowest BCUT2D eigenvalue weighted by atomic mass is 10.1. The molecule has 0 spiro atoms. The van der Waals surface area contributed by atoms with Crippen molar-refractivity contribution in [1.82, 2.24) is 16.0 Å². The van der Waals surface area contributed by atoms with E-state index in [0.717, 1.165) is 17.7 Å². The van der Waals surface area contributed by atoms with Crippen LogP contribution in [0.3, 0.4) is 0 Å². The monoisotopic (exact) mass is 520 g/mol. The Morgan fingerprint density at radius 3 is 2.17 bits per heavy atom. The number of hydrogen-bond donors (Lipinski definition) is 3. The van der Waals surface area contributed by atoms with Crippen molar-refractivity contribution in [2.45, 2.75) is 66.4 Å². The van der Waals surface area contributed by atoms with E-state index in [4.69, 9.17) is 9.47 Å². The van der Waals surface area contributed by atoms with Crippen LogP contribution in [0.5, 0.6) is 0 Å². The summed E-state index contributed by atoms with van der Waals surface area (Å²) < 4.78 is 10.8. The minimum Gasteiger partial charge on any atom is -0.444 e. The normalized spacial score (nSPS) is 11.6. The molecule has 1 aromatic rings. The van der Waals surface area contributed by atoms with Crippen LogP contribution in [0.15, 0.2) is 29.3 Å². The summed E-state index contributed by atoms with van der Waals surface area (Å²) in [7, 11) is 0. The lowest BCUT2D eigenvalue weighted by Gasteiger charge is -2.19. The molecule has 0 saturated heterocycles. The molecular formula is C21H37IN4O3. The maximum Gasteiger partial charge on any atom is 0.407 e. The zero-order valence-corrected chi connectivity index (χ0v) is 20.8. The van der Waals surface area contributed by atoms with E-state index in [0.29, 0.717) is 32.2 Å². The van der Waals surface area contributed by atoms with Gasteiger partial charge < -0.3 is 25.4 Å². The number of nitrogens with zero attached hydrogens (tertiary/aromatic N) is 1. The van der Waals surface area contributed by atoms with Gasteiger partial charge in [-0.1, -0.05) is 24.3 Å². The quantitative estimate of drug-likeness (QED) is 0.200. The van der Waals surface area contributed by atoms with Gasteiger partial charge in [-0.3, -0.25) is 0 Å². The average molecular weight is 520 g/mol. The highest BCUT2D eigenvalue weighted by Crippen LogP contribution is 2.08. The highest BCUT2D eigenvalue weighted by molar-refractivity contribution is 14.0. The zero-order valence-electron chi connectivity index (χ0n) is 18.5. The Hall–Kier alpha value is -1.55. The molecule has 0 radical (unpaired) electrons. The van der Waals surface area contributed by atoms with Crippen molar-refractivity contribution in [1.29, 1.82) is 0 Å². The molecule has 166 valence electrons. The summed E-state index contributed by atoms with van der Waals surface area (Å²) in [5, 5.41) is 9.12. The van der Waals surface area contributed by atoms with Crippen molar-refractivity contribution in [3.63, 3.8) is 0 Å². The zero-order chi connectivity index (χ0) is 21.0. The van der Waals surface area contributed by atoms with Crippen molar-refractivity contribution < 1.29 is 14.3 Å². The number of hydrogen-bond acceptors (Lipinski definition) is 4. The fraction of sp³-hybridized carbons (Fsp3) is 0.619. The van der Waals surface area contributed by atoms with Crippen LogP contribution in [0.25, 0.3) is 0 Å². The standard InChI is InChI=1S/C21H36N4O3.HI/c1-7-22-19(23-12-13-24-20(26)28-21(4,5)6)25-14-17-8-10-18(11-9-17)15-27-16(2)3;/h8-11,16H,7,12-15H2,1-6H3,(H,24,26)(H2,22,23,25);1H. The SMILES string of the molecule is CCNC(=NCc1ccc(COC(C)C)cc1)NCCNC(=O)OC(C)(C)C.I. The maximum absolute atomic E-state index is 11.6.